The van der Waals surface area contributed by atoms with Crippen LogP contribution in [0.3, 0.4) is 0 Å². The number of hydrogen-bond acceptors (Lipinski definition) is 4. The highest BCUT2D eigenvalue weighted by Crippen LogP contribution is 2.08. The van der Waals surface area contributed by atoms with Crippen molar-refractivity contribution in [2.24, 2.45) is 0 Å². The van der Waals surface area contributed by atoms with Gasteiger partial charge in [-0.3, -0.25) is 14.5 Å². The van der Waals surface area contributed by atoms with Crippen LogP contribution in [0.25, 0.3) is 0 Å². The molecule has 0 aliphatic carbocycles. The molecule has 1 N–H and O–H groups in total. The van der Waals surface area contributed by atoms with Crippen molar-refractivity contribution >= 4 is 11.9 Å². The summed E-state index contributed by atoms with van der Waals surface area (Å²) in [5.74, 6) is -0.168. The fourth-order valence-corrected chi connectivity index (χ4v) is 2.12. The van der Waals surface area contributed by atoms with E-state index in [0.717, 1.165) is 13.1 Å². The van der Waals surface area contributed by atoms with E-state index in [2.05, 4.69) is 15.0 Å². The van der Waals surface area contributed by atoms with E-state index < -0.39 is 0 Å². The number of esters is 1. The number of hydrogen-bond donors (Lipinski definition) is 1. The van der Waals surface area contributed by atoms with Gasteiger partial charge in [0.15, 0.2) is 0 Å². The third kappa shape index (κ3) is 6.59. The minimum Gasteiger partial charge on any atom is -0.469 e. The molecule has 104 valence electrons. The highest BCUT2D eigenvalue weighted by Gasteiger charge is 2.12. The van der Waals surface area contributed by atoms with E-state index in [0.29, 0.717) is 25.9 Å². The third-order valence-electron chi connectivity index (χ3n) is 3.17. The lowest BCUT2D eigenvalue weighted by molar-refractivity contribution is -0.140. The van der Waals surface area contributed by atoms with Gasteiger partial charge in [0.1, 0.15) is 0 Å². The highest BCUT2D eigenvalue weighted by atomic mass is 16.5. The first kappa shape index (κ1) is 15.0. The zero-order valence-electron chi connectivity index (χ0n) is 11.2. The van der Waals surface area contributed by atoms with Crippen molar-refractivity contribution in [2.45, 2.75) is 38.5 Å². The molecule has 1 heterocycles. The molecule has 0 spiro atoms. The van der Waals surface area contributed by atoms with Crippen LogP contribution in [0.15, 0.2) is 0 Å². The Morgan fingerprint density at radius 1 is 1.17 bits per heavy atom. The molecule has 1 fully saturated rings. The fraction of sp³-hybridized carbons (Fsp3) is 0.846. The van der Waals surface area contributed by atoms with Crippen LogP contribution in [-0.4, -0.2) is 50.1 Å². The van der Waals surface area contributed by atoms with Gasteiger partial charge in [-0.2, -0.15) is 0 Å². The van der Waals surface area contributed by atoms with E-state index in [1.54, 1.807) is 0 Å². The van der Waals surface area contributed by atoms with E-state index in [4.69, 9.17) is 0 Å². The smallest absolute Gasteiger partial charge is 0.305 e. The van der Waals surface area contributed by atoms with Gasteiger partial charge in [0.05, 0.1) is 13.7 Å². The van der Waals surface area contributed by atoms with E-state index in [-0.39, 0.29) is 11.9 Å². The number of likely N-dealkylation sites (tertiary alicyclic amines) is 1. The maximum Gasteiger partial charge on any atom is 0.305 e. The van der Waals surface area contributed by atoms with Gasteiger partial charge in [0.25, 0.3) is 0 Å². The van der Waals surface area contributed by atoms with Gasteiger partial charge in [0, 0.05) is 13.0 Å². The molecule has 0 atom stereocenters. The number of nitrogens with one attached hydrogen (secondary N) is 1. The molecule has 0 unspecified atom stereocenters. The maximum atomic E-state index is 11.7. The lowest BCUT2D eigenvalue weighted by Gasteiger charge is -2.18. The van der Waals surface area contributed by atoms with E-state index in [1.807, 2.05) is 0 Å². The second kappa shape index (κ2) is 8.91. The van der Waals surface area contributed by atoms with Crippen LogP contribution >= 0.6 is 0 Å². The van der Waals surface area contributed by atoms with E-state index in [1.165, 1.54) is 32.8 Å². The Labute approximate surface area is 109 Å². The summed E-state index contributed by atoms with van der Waals surface area (Å²) in [7, 11) is 1.38. The largest absolute Gasteiger partial charge is 0.469 e. The topological polar surface area (TPSA) is 58.6 Å². The zero-order chi connectivity index (χ0) is 13.2. The quantitative estimate of drug-likeness (QED) is 0.567. The van der Waals surface area contributed by atoms with Gasteiger partial charge in [-0.05, 0) is 32.4 Å². The SMILES string of the molecule is COC(=O)CCCNC(=O)CN1CCCCCC1. The second-order valence-corrected chi connectivity index (χ2v) is 4.72. The molecule has 1 rings (SSSR count). The molecule has 0 bridgehead atoms. The van der Waals surface area contributed by atoms with Crippen molar-refractivity contribution in [2.75, 3.05) is 33.3 Å². The van der Waals surface area contributed by atoms with Crippen molar-refractivity contribution in [3.8, 4) is 0 Å². The van der Waals surface area contributed by atoms with Crippen LogP contribution < -0.4 is 5.32 Å². The van der Waals surface area contributed by atoms with Crippen molar-refractivity contribution < 1.29 is 14.3 Å². The molecule has 0 saturated carbocycles. The Kier molecular flexibility index (Phi) is 7.41. The molecule has 0 aromatic carbocycles. The summed E-state index contributed by atoms with van der Waals surface area (Å²) < 4.78 is 4.53. The van der Waals surface area contributed by atoms with Crippen LogP contribution in [0.4, 0.5) is 0 Å². The number of ether oxygens (including phenoxy) is 1. The summed E-state index contributed by atoms with van der Waals surface area (Å²) in [6.07, 6.45) is 5.93. The maximum absolute atomic E-state index is 11.7. The molecule has 0 aromatic heterocycles. The fourth-order valence-electron chi connectivity index (χ4n) is 2.12. The summed E-state index contributed by atoms with van der Waals surface area (Å²) in [5.41, 5.74) is 0. The average molecular weight is 256 g/mol. The predicted octanol–water partition coefficient (Wildman–Crippen LogP) is 0.932. The molecule has 1 aliphatic rings. The predicted molar refractivity (Wildman–Crippen MR) is 69.2 cm³/mol. The first-order valence-electron chi connectivity index (χ1n) is 6.78. The molecular weight excluding hydrogens is 232 g/mol. The summed E-state index contributed by atoms with van der Waals surface area (Å²) in [6.45, 7) is 3.07. The van der Waals surface area contributed by atoms with Gasteiger partial charge < -0.3 is 10.1 Å². The number of amides is 1. The molecule has 0 radical (unpaired) electrons. The third-order valence-corrected chi connectivity index (χ3v) is 3.17. The monoisotopic (exact) mass is 256 g/mol. The minimum absolute atomic E-state index is 0.0572. The highest BCUT2D eigenvalue weighted by molar-refractivity contribution is 5.78. The average Bonchev–Trinajstić information content (AvgIpc) is 2.63. The summed E-state index contributed by atoms with van der Waals surface area (Å²) in [4.78, 5) is 24.7. The van der Waals surface area contributed by atoms with Gasteiger partial charge in [-0.25, -0.2) is 0 Å². The Bertz CT molecular complexity index is 261. The molecule has 0 aromatic rings. The molecule has 18 heavy (non-hydrogen) atoms. The minimum atomic E-state index is -0.225. The number of rotatable bonds is 6. The Hall–Kier alpha value is -1.10. The molecular formula is C13H24N2O3. The van der Waals surface area contributed by atoms with Crippen LogP contribution in [0, 0.1) is 0 Å². The number of carbonyl (C=O) groups is 2. The van der Waals surface area contributed by atoms with Crippen molar-refractivity contribution in [1.29, 1.82) is 0 Å². The molecule has 1 saturated heterocycles. The molecule has 5 nitrogen and oxygen atoms in total. The van der Waals surface area contributed by atoms with Gasteiger partial charge in [-0.1, -0.05) is 12.8 Å². The Balaban J connectivity index is 2.07. The molecule has 5 heteroatoms. The zero-order valence-corrected chi connectivity index (χ0v) is 11.2. The van der Waals surface area contributed by atoms with Crippen LogP contribution in [0.1, 0.15) is 38.5 Å². The number of carbonyl (C=O) groups excluding carboxylic acids is 2. The van der Waals surface area contributed by atoms with Crippen LogP contribution in [0.2, 0.25) is 0 Å². The molecule has 1 amide bonds. The van der Waals surface area contributed by atoms with E-state index in [9.17, 15) is 9.59 Å². The summed E-state index contributed by atoms with van der Waals surface area (Å²) in [5, 5.41) is 2.84. The summed E-state index contributed by atoms with van der Waals surface area (Å²) >= 11 is 0. The first-order chi connectivity index (χ1) is 8.72. The van der Waals surface area contributed by atoms with Gasteiger partial charge in [-0.15, -0.1) is 0 Å². The van der Waals surface area contributed by atoms with Crippen molar-refractivity contribution in [3.63, 3.8) is 0 Å². The van der Waals surface area contributed by atoms with Gasteiger partial charge >= 0.3 is 5.97 Å². The standard InChI is InChI=1S/C13H24N2O3/c1-18-13(17)7-6-8-14-12(16)11-15-9-4-2-3-5-10-15/h2-11H2,1H3,(H,14,16). The second-order valence-electron chi connectivity index (χ2n) is 4.72. The van der Waals surface area contributed by atoms with E-state index >= 15 is 0 Å². The Morgan fingerprint density at radius 3 is 2.44 bits per heavy atom. The lowest BCUT2D eigenvalue weighted by atomic mass is 10.2. The van der Waals surface area contributed by atoms with Crippen molar-refractivity contribution in [1.82, 2.24) is 10.2 Å². The lowest BCUT2D eigenvalue weighted by Crippen LogP contribution is -2.38. The number of nitrogens with zero attached hydrogens (tertiary/aromatic N) is 1. The Morgan fingerprint density at radius 2 is 1.83 bits per heavy atom. The van der Waals surface area contributed by atoms with Crippen LogP contribution in [-0.2, 0) is 14.3 Å². The molecule has 1 aliphatic heterocycles. The van der Waals surface area contributed by atoms with Crippen LogP contribution in [0.5, 0.6) is 0 Å². The number of methoxy groups -OCH3 is 1. The normalized spacial score (nSPS) is 16.9. The van der Waals surface area contributed by atoms with Crippen molar-refractivity contribution in [3.05, 3.63) is 0 Å². The first-order valence-corrected chi connectivity index (χ1v) is 6.78. The summed E-state index contributed by atoms with van der Waals surface area (Å²) in [6, 6.07) is 0. The van der Waals surface area contributed by atoms with Gasteiger partial charge in [0.2, 0.25) is 5.91 Å².